The summed E-state index contributed by atoms with van der Waals surface area (Å²) in [6.07, 6.45) is 1.94. The lowest BCUT2D eigenvalue weighted by atomic mass is 10.2. The smallest absolute Gasteiger partial charge is 0.248 e. The number of sulfonamides is 1. The van der Waals surface area contributed by atoms with Crippen molar-refractivity contribution >= 4 is 21.6 Å². The van der Waals surface area contributed by atoms with E-state index in [0.29, 0.717) is 18.7 Å². The molecule has 1 aliphatic rings. The first-order valence-corrected chi connectivity index (χ1v) is 7.66. The number of hydrogen-bond acceptors (Lipinski definition) is 6. The molecule has 0 atom stereocenters. The molecule has 21 heavy (non-hydrogen) atoms. The molecule has 9 nitrogen and oxygen atoms in total. The van der Waals surface area contributed by atoms with Crippen molar-refractivity contribution in [1.82, 2.24) is 20.2 Å². The van der Waals surface area contributed by atoms with E-state index in [0.717, 1.165) is 5.56 Å². The maximum Gasteiger partial charge on any atom is 0.248 e. The van der Waals surface area contributed by atoms with E-state index in [1.54, 1.807) is 11.0 Å². The van der Waals surface area contributed by atoms with Gasteiger partial charge in [-0.05, 0) is 40.6 Å². The van der Waals surface area contributed by atoms with E-state index in [4.69, 9.17) is 5.14 Å². The molecule has 0 saturated heterocycles. The van der Waals surface area contributed by atoms with Crippen molar-refractivity contribution in [2.45, 2.75) is 17.9 Å². The summed E-state index contributed by atoms with van der Waals surface area (Å²) in [5.74, 6) is -0.163. The molecule has 2 N–H and O–H groups in total. The summed E-state index contributed by atoms with van der Waals surface area (Å²) < 4.78 is 24.0. The summed E-state index contributed by atoms with van der Waals surface area (Å²) in [4.78, 5) is 13.9. The van der Waals surface area contributed by atoms with Crippen LogP contribution in [0.15, 0.2) is 29.4 Å². The summed E-state index contributed by atoms with van der Waals surface area (Å²) >= 11 is 0. The minimum Gasteiger partial charge on any atom is -0.310 e. The highest BCUT2D eigenvalue weighted by molar-refractivity contribution is 7.89. The Kier molecular flexibility index (Phi) is 3.18. The molecular formula is C11H12N6O3S. The highest BCUT2D eigenvalue weighted by Crippen LogP contribution is 2.30. The number of amides is 1. The van der Waals surface area contributed by atoms with Gasteiger partial charge in [-0.2, -0.15) is 0 Å². The summed E-state index contributed by atoms with van der Waals surface area (Å²) in [7, 11) is -3.74. The number of carbonyl (C=O) groups excluding carboxylic acids is 1. The lowest BCUT2D eigenvalue weighted by Gasteiger charge is -2.17. The summed E-state index contributed by atoms with van der Waals surface area (Å²) in [6, 6.07) is 4.51. The number of primary sulfonamides is 1. The third kappa shape index (κ3) is 2.62. The fourth-order valence-electron chi connectivity index (χ4n) is 2.29. The van der Waals surface area contributed by atoms with Crippen molar-refractivity contribution in [3.8, 4) is 0 Å². The Bertz CT molecular complexity index is 786. The van der Waals surface area contributed by atoms with Crippen molar-refractivity contribution < 1.29 is 13.2 Å². The maximum atomic E-state index is 12.2. The van der Waals surface area contributed by atoms with Gasteiger partial charge < -0.3 is 4.90 Å². The highest BCUT2D eigenvalue weighted by atomic mass is 32.2. The Morgan fingerprint density at radius 2 is 2.19 bits per heavy atom. The van der Waals surface area contributed by atoms with Crippen molar-refractivity contribution in [3.63, 3.8) is 0 Å². The zero-order chi connectivity index (χ0) is 15.0. The van der Waals surface area contributed by atoms with Gasteiger partial charge in [0.15, 0.2) is 0 Å². The van der Waals surface area contributed by atoms with Crippen LogP contribution in [-0.2, 0) is 27.8 Å². The lowest BCUT2D eigenvalue weighted by molar-refractivity contribution is -0.119. The molecule has 2 heterocycles. The molecule has 3 rings (SSSR count). The van der Waals surface area contributed by atoms with E-state index < -0.39 is 10.0 Å². The second-order valence-electron chi connectivity index (χ2n) is 4.64. The number of aromatic nitrogens is 4. The lowest BCUT2D eigenvalue weighted by Crippen LogP contribution is -2.32. The molecule has 2 aromatic rings. The van der Waals surface area contributed by atoms with Gasteiger partial charge in [0, 0.05) is 12.2 Å². The Hall–Kier alpha value is -2.33. The Morgan fingerprint density at radius 3 is 2.86 bits per heavy atom. The molecule has 1 amide bonds. The Morgan fingerprint density at radius 1 is 1.38 bits per heavy atom. The molecule has 0 aliphatic carbocycles. The van der Waals surface area contributed by atoms with E-state index in [-0.39, 0.29) is 17.3 Å². The van der Waals surface area contributed by atoms with Crippen LogP contribution in [0.1, 0.15) is 5.56 Å². The van der Waals surface area contributed by atoms with Gasteiger partial charge in [0.1, 0.15) is 12.9 Å². The summed E-state index contributed by atoms with van der Waals surface area (Å²) in [5.41, 5.74) is 1.48. The van der Waals surface area contributed by atoms with Crippen molar-refractivity contribution in [3.05, 3.63) is 30.1 Å². The van der Waals surface area contributed by atoms with Crippen LogP contribution >= 0.6 is 0 Å². The van der Waals surface area contributed by atoms with E-state index in [1.165, 1.54) is 23.1 Å². The highest BCUT2D eigenvalue weighted by Gasteiger charge is 2.26. The maximum absolute atomic E-state index is 12.2. The zero-order valence-corrected chi connectivity index (χ0v) is 11.7. The second kappa shape index (κ2) is 4.90. The average Bonchev–Trinajstić information content (AvgIpc) is 3.05. The molecule has 10 heteroatoms. The summed E-state index contributed by atoms with van der Waals surface area (Å²) in [5, 5.41) is 15.7. The number of rotatable bonds is 3. The molecular weight excluding hydrogens is 296 g/mol. The number of anilines is 1. The number of nitrogens with two attached hydrogens (primary N) is 1. The Labute approximate surface area is 120 Å². The normalized spacial score (nSPS) is 14.2. The number of carbonyl (C=O) groups is 1. The number of benzene rings is 1. The topological polar surface area (TPSA) is 124 Å². The molecule has 0 spiro atoms. The number of tetrazole rings is 1. The van der Waals surface area contributed by atoms with Gasteiger partial charge in [-0.3, -0.25) is 4.79 Å². The van der Waals surface area contributed by atoms with E-state index in [9.17, 15) is 13.2 Å². The van der Waals surface area contributed by atoms with E-state index in [2.05, 4.69) is 15.5 Å². The first-order chi connectivity index (χ1) is 9.95. The number of nitrogens with zero attached hydrogens (tertiary/aromatic N) is 5. The average molecular weight is 308 g/mol. The van der Waals surface area contributed by atoms with Crippen LogP contribution in [0.3, 0.4) is 0 Å². The van der Waals surface area contributed by atoms with Crippen LogP contribution in [0.25, 0.3) is 0 Å². The Balaban J connectivity index is 1.85. The number of hydrogen-bond donors (Lipinski definition) is 1. The largest absolute Gasteiger partial charge is 0.310 e. The predicted octanol–water partition coefficient (Wildman–Crippen LogP) is -1.09. The molecule has 0 saturated carbocycles. The van der Waals surface area contributed by atoms with E-state index >= 15 is 0 Å². The van der Waals surface area contributed by atoms with Crippen LogP contribution in [0.2, 0.25) is 0 Å². The SMILES string of the molecule is NS(=O)(=O)c1ccc2c(c1)CCN2C(=O)Cn1cnnn1. The third-order valence-electron chi connectivity index (χ3n) is 3.26. The fraction of sp³-hybridized carbons (Fsp3) is 0.273. The first-order valence-electron chi connectivity index (χ1n) is 6.12. The van der Waals surface area contributed by atoms with Crippen LogP contribution in [0.4, 0.5) is 5.69 Å². The quantitative estimate of drug-likeness (QED) is 0.768. The van der Waals surface area contributed by atoms with Crippen LogP contribution in [0.5, 0.6) is 0 Å². The van der Waals surface area contributed by atoms with Gasteiger partial charge in [-0.15, -0.1) is 5.10 Å². The molecule has 110 valence electrons. The van der Waals surface area contributed by atoms with Crippen molar-refractivity contribution in [2.24, 2.45) is 5.14 Å². The summed E-state index contributed by atoms with van der Waals surface area (Å²) in [6.45, 7) is 0.522. The molecule has 0 radical (unpaired) electrons. The standard InChI is InChI=1S/C11H12N6O3S/c12-21(19,20)9-1-2-10-8(5-9)3-4-17(10)11(18)6-16-7-13-14-15-16/h1-2,5,7H,3-4,6H2,(H2,12,19,20). The van der Waals surface area contributed by atoms with Gasteiger partial charge in [-0.25, -0.2) is 18.2 Å². The molecule has 1 aromatic heterocycles. The first kappa shape index (κ1) is 13.6. The van der Waals surface area contributed by atoms with Crippen LogP contribution in [-0.4, -0.2) is 41.1 Å². The third-order valence-corrected chi connectivity index (χ3v) is 4.18. The van der Waals surface area contributed by atoms with Gasteiger partial charge >= 0.3 is 0 Å². The van der Waals surface area contributed by atoms with Gasteiger partial charge in [0.2, 0.25) is 15.9 Å². The van der Waals surface area contributed by atoms with Gasteiger partial charge in [-0.1, -0.05) is 0 Å². The predicted molar refractivity (Wildman–Crippen MR) is 71.7 cm³/mol. The van der Waals surface area contributed by atoms with Crippen LogP contribution < -0.4 is 10.0 Å². The van der Waals surface area contributed by atoms with Crippen molar-refractivity contribution in [1.29, 1.82) is 0 Å². The fourth-order valence-corrected chi connectivity index (χ4v) is 2.86. The zero-order valence-electron chi connectivity index (χ0n) is 10.9. The van der Waals surface area contributed by atoms with Gasteiger partial charge in [0.25, 0.3) is 0 Å². The second-order valence-corrected chi connectivity index (χ2v) is 6.20. The van der Waals surface area contributed by atoms with Crippen molar-refractivity contribution in [2.75, 3.05) is 11.4 Å². The minimum absolute atomic E-state index is 0.0311. The van der Waals surface area contributed by atoms with Crippen LogP contribution in [0, 0.1) is 0 Å². The number of fused-ring (bicyclic) bond motifs is 1. The van der Waals surface area contributed by atoms with E-state index in [1.807, 2.05) is 0 Å². The molecule has 0 fully saturated rings. The monoisotopic (exact) mass is 308 g/mol. The molecule has 0 unspecified atom stereocenters. The molecule has 1 aliphatic heterocycles. The molecule has 0 bridgehead atoms. The minimum atomic E-state index is -3.74. The molecule has 1 aromatic carbocycles. The van der Waals surface area contributed by atoms with Gasteiger partial charge in [0.05, 0.1) is 4.90 Å².